The summed E-state index contributed by atoms with van der Waals surface area (Å²) >= 11 is 3.44. The number of halogens is 1. The quantitative estimate of drug-likeness (QED) is 0.825. The molecule has 1 aromatic carbocycles. The average molecular weight is 356 g/mol. The van der Waals surface area contributed by atoms with E-state index < -0.39 is 0 Å². The van der Waals surface area contributed by atoms with E-state index in [0.29, 0.717) is 0 Å². The number of nitrogens with zero attached hydrogens (tertiary/aromatic N) is 2. The van der Waals surface area contributed by atoms with Gasteiger partial charge in [-0.3, -0.25) is 4.90 Å². The van der Waals surface area contributed by atoms with Crippen molar-refractivity contribution in [2.24, 2.45) is 0 Å². The molecule has 1 N–H and O–H groups in total. The minimum Gasteiger partial charge on any atom is -0.385 e. The number of hydrogen-bond acceptors (Lipinski definition) is 3. The Morgan fingerprint density at radius 1 is 1.29 bits per heavy atom. The van der Waals surface area contributed by atoms with E-state index in [2.05, 4.69) is 26.1 Å². The fraction of sp³-hybridized carbons (Fsp3) is 0.533. The smallest absolute Gasteiger partial charge is 0.321 e. The molecule has 116 valence electrons. The van der Waals surface area contributed by atoms with Gasteiger partial charge < -0.3 is 15.0 Å². The zero-order chi connectivity index (χ0) is 15.1. The van der Waals surface area contributed by atoms with E-state index in [1.807, 2.05) is 29.2 Å². The molecular formula is C15H22BrN3O2. The number of urea groups is 1. The molecule has 1 aliphatic rings. The summed E-state index contributed by atoms with van der Waals surface area (Å²) in [5.74, 6) is 0. The second-order valence-electron chi connectivity index (χ2n) is 5.09. The van der Waals surface area contributed by atoms with E-state index in [-0.39, 0.29) is 6.03 Å². The molecule has 2 amide bonds. The van der Waals surface area contributed by atoms with Crippen molar-refractivity contribution in [3.05, 3.63) is 28.7 Å². The van der Waals surface area contributed by atoms with Crippen molar-refractivity contribution in [2.45, 2.75) is 6.42 Å². The molecule has 0 unspecified atom stereocenters. The number of carbonyl (C=O) groups is 1. The van der Waals surface area contributed by atoms with Crippen molar-refractivity contribution in [3.8, 4) is 0 Å². The molecular weight excluding hydrogens is 334 g/mol. The molecule has 1 saturated heterocycles. The highest BCUT2D eigenvalue weighted by atomic mass is 79.9. The molecule has 6 heteroatoms. The number of rotatable bonds is 5. The van der Waals surface area contributed by atoms with Crippen LogP contribution in [0, 0.1) is 0 Å². The van der Waals surface area contributed by atoms with Crippen molar-refractivity contribution < 1.29 is 9.53 Å². The molecule has 0 spiro atoms. The van der Waals surface area contributed by atoms with E-state index in [1.54, 1.807) is 7.11 Å². The summed E-state index contributed by atoms with van der Waals surface area (Å²) in [7, 11) is 1.73. The summed E-state index contributed by atoms with van der Waals surface area (Å²) in [5, 5.41) is 2.95. The number of methoxy groups -OCH3 is 1. The highest BCUT2D eigenvalue weighted by Crippen LogP contribution is 2.21. The lowest BCUT2D eigenvalue weighted by Crippen LogP contribution is -2.50. The maximum absolute atomic E-state index is 12.2. The Labute approximate surface area is 134 Å². The number of para-hydroxylation sites is 1. The fourth-order valence-electron chi connectivity index (χ4n) is 2.36. The number of hydrogen-bond donors (Lipinski definition) is 1. The zero-order valence-electron chi connectivity index (χ0n) is 12.3. The predicted molar refractivity (Wildman–Crippen MR) is 87.7 cm³/mol. The van der Waals surface area contributed by atoms with Gasteiger partial charge in [0.15, 0.2) is 0 Å². The normalized spacial score (nSPS) is 16.0. The Bertz CT molecular complexity index is 462. The Morgan fingerprint density at radius 2 is 2.00 bits per heavy atom. The summed E-state index contributed by atoms with van der Waals surface area (Å²) in [4.78, 5) is 16.5. The van der Waals surface area contributed by atoms with Crippen LogP contribution in [0.25, 0.3) is 0 Å². The highest BCUT2D eigenvalue weighted by molar-refractivity contribution is 9.10. The van der Waals surface area contributed by atoms with Crippen molar-refractivity contribution >= 4 is 27.6 Å². The van der Waals surface area contributed by atoms with E-state index in [9.17, 15) is 4.79 Å². The van der Waals surface area contributed by atoms with Gasteiger partial charge in [0, 0.05) is 50.9 Å². The van der Waals surface area contributed by atoms with Crippen molar-refractivity contribution in [3.63, 3.8) is 0 Å². The van der Waals surface area contributed by atoms with E-state index in [4.69, 9.17) is 4.74 Å². The van der Waals surface area contributed by atoms with Gasteiger partial charge in [0.25, 0.3) is 0 Å². The summed E-state index contributed by atoms with van der Waals surface area (Å²) in [6, 6.07) is 7.62. The summed E-state index contributed by atoms with van der Waals surface area (Å²) < 4.78 is 5.96. The molecule has 1 heterocycles. The lowest BCUT2D eigenvalue weighted by atomic mass is 10.3. The third kappa shape index (κ3) is 4.98. The molecule has 1 fully saturated rings. The van der Waals surface area contributed by atoms with E-state index in [1.165, 1.54) is 0 Å². The Hall–Kier alpha value is -1.11. The van der Waals surface area contributed by atoms with Gasteiger partial charge in [-0.15, -0.1) is 0 Å². The zero-order valence-corrected chi connectivity index (χ0v) is 13.9. The highest BCUT2D eigenvalue weighted by Gasteiger charge is 2.21. The van der Waals surface area contributed by atoms with Crippen molar-refractivity contribution in [1.29, 1.82) is 0 Å². The third-order valence-electron chi connectivity index (χ3n) is 3.60. The number of ether oxygens (including phenoxy) is 1. The van der Waals surface area contributed by atoms with Gasteiger partial charge >= 0.3 is 6.03 Å². The van der Waals surface area contributed by atoms with E-state index >= 15 is 0 Å². The second-order valence-corrected chi connectivity index (χ2v) is 5.94. The molecule has 5 nitrogen and oxygen atoms in total. The first-order valence-electron chi connectivity index (χ1n) is 7.22. The summed E-state index contributed by atoms with van der Waals surface area (Å²) in [5.41, 5.74) is 0.810. The standard InChI is InChI=1S/C15H22BrN3O2/c1-21-12-4-7-18-8-10-19(11-9-18)15(20)17-14-6-3-2-5-13(14)16/h2-3,5-6H,4,7-12H2,1H3,(H,17,20). The molecule has 21 heavy (non-hydrogen) atoms. The monoisotopic (exact) mass is 355 g/mol. The van der Waals surface area contributed by atoms with E-state index in [0.717, 1.165) is 55.9 Å². The molecule has 0 radical (unpaired) electrons. The van der Waals surface area contributed by atoms with Gasteiger partial charge in [0.1, 0.15) is 0 Å². The van der Waals surface area contributed by atoms with Crippen LogP contribution in [0.1, 0.15) is 6.42 Å². The van der Waals surface area contributed by atoms with Gasteiger partial charge in [0.2, 0.25) is 0 Å². The number of benzene rings is 1. The number of nitrogens with one attached hydrogen (secondary N) is 1. The maximum atomic E-state index is 12.2. The molecule has 0 bridgehead atoms. The molecule has 1 aliphatic heterocycles. The van der Waals surface area contributed by atoms with Crippen LogP contribution in [0.4, 0.5) is 10.5 Å². The maximum Gasteiger partial charge on any atom is 0.321 e. The minimum atomic E-state index is -0.0292. The fourth-order valence-corrected chi connectivity index (χ4v) is 2.75. The number of carbonyl (C=O) groups excluding carboxylic acids is 1. The van der Waals surface area contributed by atoms with Crippen LogP contribution in [0.15, 0.2) is 28.7 Å². The van der Waals surface area contributed by atoms with Gasteiger partial charge in [-0.1, -0.05) is 12.1 Å². The molecule has 0 saturated carbocycles. The van der Waals surface area contributed by atoms with Crippen LogP contribution >= 0.6 is 15.9 Å². The van der Waals surface area contributed by atoms with Crippen LogP contribution in [0.2, 0.25) is 0 Å². The SMILES string of the molecule is COCCCN1CCN(C(=O)Nc2ccccc2Br)CC1. The summed E-state index contributed by atoms with van der Waals surface area (Å²) in [6.07, 6.45) is 1.04. The Morgan fingerprint density at radius 3 is 2.67 bits per heavy atom. The van der Waals surface area contributed by atoms with Crippen LogP contribution in [0.3, 0.4) is 0 Å². The number of piperazine rings is 1. The van der Waals surface area contributed by atoms with Crippen LogP contribution in [0.5, 0.6) is 0 Å². The lowest BCUT2D eigenvalue weighted by molar-refractivity contribution is 0.130. The van der Waals surface area contributed by atoms with Crippen LogP contribution in [-0.2, 0) is 4.74 Å². The Balaban J connectivity index is 1.77. The van der Waals surface area contributed by atoms with Crippen LogP contribution < -0.4 is 5.32 Å². The first-order valence-corrected chi connectivity index (χ1v) is 8.02. The van der Waals surface area contributed by atoms with Crippen molar-refractivity contribution in [1.82, 2.24) is 9.80 Å². The summed E-state index contributed by atoms with van der Waals surface area (Å²) in [6.45, 7) is 5.21. The van der Waals surface area contributed by atoms with Crippen LogP contribution in [-0.4, -0.2) is 62.3 Å². The largest absolute Gasteiger partial charge is 0.385 e. The third-order valence-corrected chi connectivity index (χ3v) is 4.29. The van der Waals surface area contributed by atoms with Gasteiger partial charge in [-0.25, -0.2) is 4.79 Å². The molecule has 1 aromatic rings. The van der Waals surface area contributed by atoms with Gasteiger partial charge in [-0.2, -0.15) is 0 Å². The Kier molecular flexibility index (Phi) is 6.48. The predicted octanol–water partition coefficient (Wildman–Crippen LogP) is 2.64. The first-order chi connectivity index (χ1) is 10.2. The molecule has 0 aliphatic carbocycles. The lowest BCUT2D eigenvalue weighted by Gasteiger charge is -2.34. The molecule has 0 atom stereocenters. The second kappa shape index (κ2) is 8.36. The van der Waals surface area contributed by atoms with Gasteiger partial charge in [0.05, 0.1) is 5.69 Å². The molecule has 2 rings (SSSR count). The number of amides is 2. The average Bonchev–Trinajstić information content (AvgIpc) is 2.50. The van der Waals surface area contributed by atoms with Crippen molar-refractivity contribution in [2.75, 3.05) is 51.8 Å². The minimum absolute atomic E-state index is 0.0292. The number of anilines is 1. The van der Waals surface area contributed by atoms with Gasteiger partial charge in [-0.05, 0) is 34.5 Å². The first kappa shape index (κ1) is 16.3. The topological polar surface area (TPSA) is 44.8 Å². The molecule has 0 aromatic heterocycles.